The van der Waals surface area contributed by atoms with E-state index in [-0.39, 0.29) is 13.0 Å². The van der Waals surface area contributed by atoms with Crippen LogP contribution < -0.4 is 5.32 Å². The Morgan fingerprint density at radius 3 is 2.67 bits per heavy atom. The van der Waals surface area contributed by atoms with Crippen molar-refractivity contribution in [3.05, 3.63) is 35.9 Å². The SMILES string of the molecule is CC(COCc1ccccc1)(CC(=O)O)NC=O. The van der Waals surface area contributed by atoms with Crippen molar-refractivity contribution in [2.24, 2.45) is 0 Å². The second-order valence-corrected chi connectivity index (χ2v) is 4.37. The molecule has 0 saturated heterocycles. The smallest absolute Gasteiger partial charge is 0.305 e. The molecular weight excluding hydrogens is 234 g/mol. The normalized spacial score (nSPS) is 13.6. The minimum Gasteiger partial charge on any atom is -0.481 e. The molecule has 1 aromatic rings. The van der Waals surface area contributed by atoms with Crippen LogP contribution in [-0.4, -0.2) is 29.6 Å². The Hall–Kier alpha value is -1.88. The summed E-state index contributed by atoms with van der Waals surface area (Å²) in [4.78, 5) is 21.2. The predicted octanol–water partition coefficient (Wildman–Crippen LogP) is 1.18. The van der Waals surface area contributed by atoms with Gasteiger partial charge in [0.1, 0.15) is 0 Å². The summed E-state index contributed by atoms with van der Waals surface area (Å²) in [6.07, 6.45) is 0.315. The number of ether oxygens (including phenoxy) is 1. The molecule has 0 saturated carbocycles. The number of nitrogens with one attached hydrogen (secondary N) is 1. The zero-order valence-corrected chi connectivity index (χ0v) is 10.3. The monoisotopic (exact) mass is 251 g/mol. The minimum absolute atomic E-state index is 0.146. The number of rotatable bonds is 8. The number of carbonyl (C=O) groups is 2. The summed E-state index contributed by atoms with van der Waals surface area (Å²) in [6, 6.07) is 9.55. The van der Waals surface area contributed by atoms with Gasteiger partial charge < -0.3 is 15.2 Å². The number of carboxylic acid groups (broad SMARTS) is 1. The number of aliphatic carboxylic acids is 1. The molecule has 1 aromatic carbocycles. The molecule has 1 rings (SSSR count). The van der Waals surface area contributed by atoms with Gasteiger partial charge in [0.05, 0.1) is 25.2 Å². The third kappa shape index (κ3) is 4.97. The highest BCUT2D eigenvalue weighted by Gasteiger charge is 2.27. The Kier molecular flexibility index (Phi) is 5.32. The average molecular weight is 251 g/mol. The third-order valence-corrected chi connectivity index (χ3v) is 2.48. The van der Waals surface area contributed by atoms with Gasteiger partial charge in [-0.2, -0.15) is 0 Å². The standard InChI is InChI=1S/C13H17NO4/c1-13(14-10-15,7-12(16)17)9-18-8-11-5-3-2-4-6-11/h2-6,10H,7-9H2,1H3,(H,14,15)(H,16,17). The fraction of sp³-hybridized carbons (Fsp3) is 0.385. The van der Waals surface area contributed by atoms with Crippen LogP contribution in [0.4, 0.5) is 0 Å². The molecule has 2 N–H and O–H groups in total. The van der Waals surface area contributed by atoms with Crippen molar-refractivity contribution < 1.29 is 19.4 Å². The van der Waals surface area contributed by atoms with E-state index in [0.717, 1.165) is 5.56 Å². The molecule has 0 fully saturated rings. The molecule has 0 aliphatic carbocycles. The maximum atomic E-state index is 10.7. The zero-order chi connectivity index (χ0) is 13.4. The molecule has 5 heteroatoms. The number of hydrogen-bond acceptors (Lipinski definition) is 3. The summed E-state index contributed by atoms with van der Waals surface area (Å²) in [5.41, 5.74) is 0.115. The van der Waals surface area contributed by atoms with Crippen molar-refractivity contribution in [2.45, 2.75) is 25.5 Å². The summed E-state index contributed by atoms with van der Waals surface area (Å²) in [5.74, 6) is -0.977. The molecule has 1 atom stereocenters. The molecular formula is C13H17NO4. The van der Waals surface area contributed by atoms with Crippen molar-refractivity contribution in [3.63, 3.8) is 0 Å². The van der Waals surface area contributed by atoms with Crippen molar-refractivity contribution in [2.75, 3.05) is 6.61 Å². The number of benzene rings is 1. The van der Waals surface area contributed by atoms with Gasteiger partial charge >= 0.3 is 5.97 Å². The maximum Gasteiger partial charge on any atom is 0.305 e. The fourth-order valence-electron chi connectivity index (χ4n) is 1.59. The van der Waals surface area contributed by atoms with Crippen LogP contribution in [0.25, 0.3) is 0 Å². The Balaban J connectivity index is 2.47. The first-order valence-electron chi connectivity index (χ1n) is 5.60. The van der Waals surface area contributed by atoms with Gasteiger partial charge in [0, 0.05) is 0 Å². The average Bonchev–Trinajstić information content (AvgIpc) is 2.29. The van der Waals surface area contributed by atoms with E-state index in [2.05, 4.69) is 5.32 Å². The summed E-state index contributed by atoms with van der Waals surface area (Å²) in [6.45, 7) is 2.17. The molecule has 0 aromatic heterocycles. The molecule has 5 nitrogen and oxygen atoms in total. The van der Waals surface area contributed by atoms with Crippen molar-refractivity contribution >= 4 is 12.4 Å². The van der Waals surface area contributed by atoms with E-state index < -0.39 is 11.5 Å². The van der Waals surface area contributed by atoms with Gasteiger partial charge in [-0.3, -0.25) is 9.59 Å². The quantitative estimate of drug-likeness (QED) is 0.680. The highest BCUT2D eigenvalue weighted by atomic mass is 16.5. The Morgan fingerprint density at radius 1 is 1.44 bits per heavy atom. The van der Waals surface area contributed by atoms with Crippen molar-refractivity contribution in [1.82, 2.24) is 5.32 Å². The van der Waals surface area contributed by atoms with Gasteiger partial charge in [-0.05, 0) is 12.5 Å². The molecule has 98 valence electrons. The van der Waals surface area contributed by atoms with Gasteiger partial charge in [-0.15, -0.1) is 0 Å². The van der Waals surface area contributed by atoms with Crippen LogP contribution in [0.3, 0.4) is 0 Å². The molecule has 1 unspecified atom stereocenters. The van der Waals surface area contributed by atoms with E-state index >= 15 is 0 Å². The number of carboxylic acids is 1. The van der Waals surface area contributed by atoms with Crippen LogP contribution in [0.2, 0.25) is 0 Å². The molecule has 0 heterocycles. The highest BCUT2D eigenvalue weighted by Crippen LogP contribution is 2.11. The van der Waals surface area contributed by atoms with E-state index in [4.69, 9.17) is 9.84 Å². The number of amides is 1. The largest absolute Gasteiger partial charge is 0.481 e. The van der Waals surface area contributed by atoms with Crippen molar-refractivity contribution in [1.29, 1.82) is 0 Å². The molecule has 0 radical (unpaired) electrons. The van der Waals surface area contributed by atoms with Crippen LogP contribution in [0.1, 0.15) is 18.9 Å². The minimum atomic E-state index is -0.977. The van der Waals surface area contributed by atoms with E-state index in [0.29, 0.717) is 13.0 Å². The summed E-state index contributed by atoms with van der Waals surface area (Å²) in [5, 5.41) is 11.3. The third-order valence-electron chi connectivity index (χ3n) is 2.48. The molecule has 0 aliphatic rings. The van der Waals surface area contributed by atoms with E-state index in [1.54, 1.807) is 6.92 Å². The van der Waals surface area contributed by atoms with E-state index in [9.17, 15) is 9.59 Å². The highest BCUT2D eigenvalue weighted by molar-refractivity contribution is 5.69. The molecule has 0 aliphatic heterocycles. The maximum absolute atomic E-state index is 10.7. The van der Waals surface area contributed by atoms with E-state index in [1.807, 2.05) is 30.3 Å². The lowest BCUT2D eigenvalue weighted by atomic mass is 9.99. The molecule has 0 bridgehead atoms. The second-order valence-electron chi connectivity index (χ2n) is 4.37. The number of carbonyl (C=O) groups excluding carboxylic acids is 1. The van der Waals surface area contributed by atoms with Gasteiger partial charge in [0.25, 0.3) is 0 Å². The summed E-state index contributed by atoms with van der Waals surface area (Å²) < 4.78 is 5.45. The second kappa shape index (κ2) is 6.76. The first-order chi connectivity index (χ1) is 8.56. The molecule has 0 spiro atoms. The summed E-state index contributed by atoms with van der Waals surface area (Å²) >= 11 is 0. The first-order valence-corrected chi connectivity index (χ1v) is 5.60. The molecule has 18 heavy (non-hydrogen) atoms. The Morgan fingerprint density at radius 2 is 2.11 bits per heavy atom. The van der Waals surface area contributed by atoms with Gasteiger partial charge in [0.15, 0.2) is 0 Å². The van der Waals surface area contributed by atoms with Crippen LogP contribution in [0.5, 0.6) is 0 Å². The van der Waals surface area contributed by atoms with Gasteiger partial charge in [0.2, 0.25) is 6.41 Å². The van der Waals surface area contributed by atoms with Crippen LogP contribution >= 0.6 is 0 Å². The fourth-order valence-corrected chi connectivity index (χ4v) is 1.59. The summed E-state index contributed by atoms with van der Waals surface area (Å²) in [7, 11) is 0. The van der Waals surface area contributed by atoms with Gasteiger partial charge in [-0.25, -0.2) is 0 Å². The van der Waals surface area contributed by atoms with Crippen LogP contribution in [-0.2, 0) is 20.9 Å². The number of hydrogen-bond donors (Lipinski definition) is 2. The van der Waals surface area contributed by atoms with Crippen LogP contribution in [0, 0.1) is 0 Å². The van der Waals surface area contributed by atoms with Crippen molar-refractivity contribution in [3.8, 4) is 0 Å². The van der Waals surface area contributed by atoms with Gasteiger partial charge in [-0.1, -0.05) is 30.3 Å². The molecule has 1 amide bonds. The predicted molar refractivity (Wildman–Crippen MR) is 66.0 cm³/mol. The van der Waals surface area contributed by atoms with E-state index in [1.165, 1.54) is 0 Å². The zero-order valence-electron chi connectivity index (χ0n) is 10.3. The lowest BCUT2D eigenvalue weighted by Crippen LogP contribution is -2.47. The Bertz CT molecular complexity index is 393. The van der Waals surface area contributed by atoms with Crippen LogP contribution in [0.15, 0.2) is 30.3 Å². The topological polar surface area (TPSA) is 75.6 Å². The first kappa shape index (κ1) is 14.2. The lowest BCUT2D eigenvalue weighted by molar-refractivity contribution is -0.139. The lowest BCUT2D eigenvalue weighted by Gasteiger charge is -2.26. The Labute approximate surface area is 106 Å².